The molecule has 0 aromatic carbocycles. The fourth-order valence-electron chi connectivity index (χ4n) is 3.08. The molecular formula is C20H22ClN5O4. The van der Waals surface area contributed by atoms with Gasteiger partial charge in [-0.15, -0.1) is 0 Å². The van der Waals surface area contributed by atoms with Crippen LogP contribution in [0.4, 0.5) is 5.95 Å². The number of hydrogen-bond donors (Lipinski definition) is 4. The zero-order valence-corrected chi connectivity index (χ0v) is 17.5. The van der Waals surface area contributed by atoms with Crippen molar-refractivity contribution in [2.75, 3.05) is 26.1 Å². The number of nitrogens with two attached hydrogens (primary N) is 1. The van der Waals surface area contributed by atoms with E-state index in [4.69, 9.17) is 22.1 Å². The van der Waals surface area contributed by atoms with Crippen LogP contribution in [0.2, 0.25) is 5.15 Å². The number of pyridine rings is 1. The fraction of sp³-hybridized carbons (Fsp3) is 0.350. The third-order valence-electron chi connectivity index (χ3n) is 4.71. The second-order valence-corrected chi connectivity index (χ2v) is 7.24. The molecule has 3 aromatic heterocycles. The minimum absolute atomic E-state index is 0.000233. The molecule has 0 radical (unpaired) electrons. The van der Waals surface area contributed by atoms with Gasteiger partial charge in [-0.25, -0.2) is 4.98 Å². The number of aliphatic hydroxyl groups excluding tert-OH is 2. The average Bonchev–Trinajstić information content (AvgIpc) is 3.06. The molecule has 5 N–H and O–H groups in total. The van der Waals surface area contributed by atoms with Crippen molar-refractivity contribution in [2.24, 2.45) is 0 Å². The van der Waals surface area contributed by atoms with Gasteiger partial charge in [0, 0.05) is 23.5 Å². The summed E-state index contributed by atoms with van der Waals surface area (Å²) in [6.07, 6.45) is 3.41. The highest BCUT2D eigenvalue weighted by Crippen LogP contribution is 2.29. The van der Waals surface area contributed by atoms with Gasteiger partial charge in [0.15, 0.2) is 5.60 Å². The van der Waals surface area contributed by atoms with Crippen molar-refractivity contribution in [3.8, 4) is 17.6 Å². The molecule has 0 aliphatic rings. The number of hydrogen-bond acceptors (Lipinski definition) is 8. The molecule has 0 saturated carbocycles. The van der Waals surface area contributed by atoms with Crippen molar-refractivity contribution >= 4 is 28.6 Å². The monoisotopic (exact) mass is 431 g/mol. The van der Waals surface area contributed by atoms with Crippen molar-refractivity contribution in [1.29, 1.82) is 0 Å². The summed E-state index contributed by atoms with van der Waals surface area (Å²) in [6, 6.07) is 0. The first kappa shape index (κ1) is 21.8. The first-order chi connectivity index (χ1) is 14.2. The van der Waals surface area contributed by atoms with Gasteiger partial charge in [-0.2, -0.15) is 4.98 Å². The van der Waals surface area contributed by atoms with Gasteiger partial charge in [0.2, 0.25) is 5.95 Å². The number of anilines is 1. The molecule has 0 bridgehead atoms. The van der Waals surface area contributed by atoms with Crippen LogP contribution in [0.15, 0.2) is 12.4 Å². The maximum Gasteiger partial charge on any atom is 0.223 e. The van der Waals surface area contributed by atoms with E-state index >= 15 is 0 Å². The first-order valence-corrected chi connectivity index (χ1v) is 9.39. The van der Waals surface area contributed by atoms with E-state index in [1.54, 1.807) is 24.1 Å². The molecule has 30 heavy (non-hydrogen) atoms. The number of ether oxygens (including phenoxy) is 1. The van der Waals surface area contributed by atoms with Gasteiger partial charge in [0.1, 0.15) is 16.5 Å². The van der Waals surface area contributed by atoms with Gasteiger partial charge in [-0.3, -0.25) is 4.98 Å². The summed E-state index contributed by atoms with van der Waals surface area (Å²) in [7, 11) is 1.61. The van der Waals surface area contributed by atoms with E-state index < -0.39 is 18.8 Å². The highest BCUT2D eigenvalue weighted by molar-refractivity contribution is 6.34. The van der Waals surface area contributed by atoms with E-state index in [1.165, 1.54) is 0 Å². The Hall–Kier alpha value is -2.90. The zero-order valence-electron chi connectivity index (χ0n) is 16.8. The van der Waals surface area contributed by atoms with E-state index in [-0.39, 0.29) is 11.1 Å². The third kappa shape index (κ3) is 4.04. The largest absolute Gasteiger partial charge is 0.496 e. The smallest absolute Gasteiger partial charge is 0.223 e. The quantitative estimate of drug-likeness (QED) is 0.343. The minimum atomic E-state index is -1.95. The molecule has 0 atom stereocenters. The van der Waals surface area contributed by atoms with E-state index in [1.807, 2.05) is 13.8 Å². The summed E-state index contributed by atoms with van der Waals surface area (Å²) in [6.45, 7) is 2.72. The SMILES string of the molecule is COc1c(C)cnc(Cn2cc(C#CC(O)(CO)CO)c3c(Cl)nc(N)nc32)c1C. The van der Waals surface area contributed by atoms with Crippen LogP contribution in [0.3, 0.4) is 0 Å². The van der Waals surface area contributed by atoms with E-state index in [9.17, 15) is 15.3 Å². The van der Waals surface area contributed by atoms with Gasteiger partial charge in [0.05, 0.1) is 43.5 Å². The molecule has 9 nitrogen and oxygen atoms in total. The molecule has 3 rings (SSSR count). The standard InChI is InChI=1S/C20H22ClN5O4/c1-11-6-23-14(12(2)16(11)30-3)8-26-7-13(4-5-20(29,9-27)10-28)15-17(21)24-19(22)25-18(15)26/h6-7,27-29H,8-10H2,1-3H3,(H2,22,24,25). The molecule has 0 unspecified atom stereocenters. The molecule has 158 valence electrons. The van der Waals surface area contributed by atoms with Crippen LogP contribution in [0, 0.1) is 25.7 Å². The Kier molecular flexibility index (Phi) is 6.14. The Bertz CT molecular complexity index is 1160. The van der Waals surface area contributed by atoms with Crippen molar-refractivity contribution in [2.45, 2.75) is 26.0 Å². The molecule has 0 saturated heterocycles. The summed E-state index contributed by atoms with van der Waals surface area (Å²) in [5.41, 5.74) is 7.24. The minimum Gasteiger partial charge on any atom is -0.496 e. The number of nitrogens with zero attached hydrogens (tertiary/aromatic N) is 4. The molecule has 3 aromatic rings. The first-order valence-electron chi connectivity index (χ1n) is 9.01. The number of aromatic nitrogens is 4. The maximum absolute atomic E-state index is 10.0. The van der Waals surface area contributed by atoms with Crippen LogP contribution >= 0.6 is 11.6 Å². The highest BCUT2D eigenvalue weighted by atomic mass is 35.5. The van der Waals surface area contributed by atoms with Crippen LogP contribution in [-0.2, 0) is 6.54 Å². The Balaban J connectivity index is 2.17. The van der Waals surface area contributed by atoms with Crippen molar-refractivity contribution in [1.82, 2.24) is 19.5 Å². The number of methoxy groups -OCH3 is 1. The zero-order chi connectivity index (χ0) is 22.1. The predicted molar refractivity (Wildman–Crippen MR) is 112 cm³/mol. The lowest BCUT2D eigenvalue weighted by molar-refractivity contribution is -0.00938. The lowest BCUT2D eigenvalue weighted by Crippen LogP contribution is -2.35. The van der Waals surface area contributed by atoms with Crippen molar-refractivity contribution in [3.05, 3.63) is 39.9 Å². The summed E-state index contributed by atoms with van der Waals surface area (Å²) >= 11 is 6.29. The molecule has 0 fully saturated rings. The molecular weight excluding hydrogens is 410 g/mol. The summed E-state index contributed by atoms with van der Waals surface area (Å²) in [5.74, 6) is 5.97. The number of aliphatic hydroxyl groups is 3. The second-order valence-electron chi connectivity index (χ2n) is 6.89. The number of nitrogen functional groups attached to an aromatic ring is 1. The van der Waals surface area contributed by atoms with E-state index in [0.717, 1.165) is 22.6 Å². The molecule has 3 heterocycles. The molecule has 0 amide bonds. The van der Waals surface area contributed by atoms with E-state index in [2.05, 4.69) is 26.8 Å². The highest BCUT2D eigenvalue weighted by Gasteiger charge is 2.22. The van der Waals surface area contributed by atoms with Gasteiger partial charge >= 0.3 is 0 Å². The number of rotatable bonds is 5. The topological polar surface area (TPSA) is 140 Å². The molecule has 0 aliphatic heterocycles. The molecule has 0 spiro atoms. The Labute approximate surface area is 178 Å². The Morgan fingerprint density at radius 1 is 1.27 bits per heavy atom. The maximum atomic E-state index is 10.0. The van der Waals surface area contributed by atoms with Crippen LogP contribution in [0.1, 0.15) is 22.4 Å². The molecule has 0 aliphatic carbocycles. The Morgan fingerprint density at radius 2 is 1.97 bits per heavy atom. The van der Waals surface area contributed by atoms with Crippen LogP contribution in [0.25, 0.3) is 11.0 Å². The number of halogens is 1. The van der Waals surface area contributed by atoms with Gasteiger partial charge in [-0.05, 0) is 13.8 Å². The lowest BCUT2D eigenvalue weighted by Gasteiger charge is -2.14. The van der Waals surface area contributed by atoms with Crippen LogP contribution in [0.5, 0.6) is 5.75 Å². The second kappa shape index (κ2) is 8.45. The Morgan fingerprint density at radius 3 is 2.60 bits per heavy atom. The van der Waals surface area contributed by atoms with E-state index in [0.29, 0.717) is 23.1 Å². The lowest BCUT2D eigenvalue weighted by atomic mass is 10.1. The summed E-state index contributed by atoms with van der Waals surface area (Å²) < 4.78 is 7.24. The number of aryl methyl sites for hydroxylation is 1. The van der Waals surface area contributed by atoms with Crippen LogP contribution < -0.4 is 10.5 Å². The van der Waals surface area contributed by atoms with Gasteiger partial charge < -0.3 is 30.4 Å². The normalized spacial score (nSPS) is 11.4. The predicted octanol–water partition coefficient (Wildman–Crippen LogP) is 0.803. The summed E-state index contributed by atoms with van der Waals surface area (Å²) in [5, 5.41) is 29.1. The summed E-state index contributed by atoms with van der Waals surface area (Å²) in [4.78, 5) is 12.8. The van der Waals surface area contributed by atoms with Crippen molar-refractivity contribution in [3.63, 3.8) is 0 Å². The van der Waals surface area contributed by atoms with Gasteiger partial charge in [0.25, 0.3) is 0 Å². The third-order valence-corrected chi connectivity index (χ3v) is 4.99. The average molecular weight is 432 g/mol. The fourth-order valence-corrected chi connectivity index (χ4v) is 3.35. The van der Waals surface area contributed by atoms with Crippen LogP contribution in [-0.4, -0.2) is 60.8 Å². The van der Waals surface area contributed by atoms with Gasteiger partial charge in [-0.1, -0.05) is 23.4 Å². The molecule has 10 heteroatoms. The van der Waals surface area contributed by atoms with Crippen molar-refractivity contribution < 1.29 is 20.1 Å². The number of fused-ring (bicyclic) bond motifs is 1.